The van der Waals surface area contributed by atoms with Gasteiger partial charge in [-0.3, -0.25) is 0 Å². The van der Waals surface area contributed by atoms with Gasteiger partial charge in [0.2, 0.25) is 0 Å². The minimum absolute atomic E-state index is 0.0827. The molecule has 50 valence electrons. The summed E-state index contributed by atoms with van der Waals surface area (Å²) in [7, 11) is 1.70. The molecule has 9 heavy (non-hydrogen) atoms. The minimum atomic E-state index is -0.0827. The monoisotopic (exact) mass is 125 g/mol. The number of hydrogen-bond donors (Lipinski definition) is 0. The summed E-state index contributed by atoms with van der Waals surface area (Å²) in [5, 5.41) is 8.55. The highest BCUT2D eigenvalue weighted by Gasteiger charge is 2.40. The minimum Gasteiger partial charge on any atom is -0.381 e. The lowest BCUT2D eigenvalue weighted by Crippen LogP contribution is -2.38. The van der Waals surface area contributed by atoms with E-state index in [1.165, 1.54) is 0 Å². The highest BCUT2D eigenvalue weighted by atomic mass is 16.5. The van der Waals surface area contributed by atoms with Crippen molar-refractivity contribution < 1.29 is 4.74 Å². The molecular formula is C7H11NO. The average molecular weight is 125 g/mol. The Morgan fingerprint density at radius 1 is 1.67 bits per heavy atom. The molecule has 0 aromatic rings. The summed E-state index contributed by atoms with van der Waals surface area (Å²) in [6, 6.07) is 2.26. The van der Waals surface area contributed by atoms with Crippen LogP contribution in [0.15, 0.2) is 0 Å². The molecule has 0 heterocycles. The average Bonchev–Trinajstić information content (AvgIpc) is 1.81. The zero-order valence-electron chi connectivity index (χ0n) is 5.85. The molecular weight excluding hydrogens is 114 g/mol. The number of rotatable bonds is 1. The first kappa shape index (κ1) is 6.57. The van der Waals surface area contributed by atoms with E-state index in [2.05, 4.69) is 6.07 Å². The van der Waals surface area contributed by atoms with Crippen LogP contribution in [-0.2, 0) is 4.74 Å². The van der Waals surface area contributed by atoms with E-state index >= 15 is 0 Å². The normalized spacial score (nSPS) is 41.2. The van der Waals surface area contributed by atoms with Crippen molar-refractivity contribution in [3.8, 4) is 6.07 Å². The number of nitriles is 1. The molecule has 1 fully saturated rings. The molecule has 0 amide bonds. The first-order chi connectivity index (χ1) is 4.20. The van der Waals surface area contributed by atoms with Crippen molar-refractivity contribution in [2.45, 2.75) is 25.9 Å². The van der Waals surface area contributed by atoms with Crippen LogP contribution in [0.2, 0.25) is 0 Å². The fourth-order valence-electron chi connectivity index (χ4n) is 1.20. The van der Waals surface area contributed by atoms with Crippen molar-refractivity contribution in [2.75, 3.05) is 7.11 Å². The van der Waals surface area contributed by atoms with Crippen molar-refractivity contribution in [1.29, 1.82) is 5.26 Å². The number of ether oxygens (including phenoxy) is 1. The summed E-state index contributed by atoms with van der Waals surface area (Å²) < 4.78 is 5.03. The van der Waals surface area contributed by atoms with Crippen LogP contribution in [-0.4, -0.2) is 13.2 Å². The molecule has 0 N–H and O–H groups in total. The van der Waals surface area contributed by atoms with Gasteiger partial charge in [0.1, 0.15) is 0 Å². The third-order valence-corrected chi connectivity index (χ3v) is 1.96. The summed E-state index contributed by atoms with van der Waals surface area (Å²) in [6.45, 7) is 1.97. The largest absolute Gasteiger partial charge is 0.381 e. The van der Waals surface area contributed by atoms with E-state index in [1.54, 1.807) is 7.11 Å². The summed E-state index contributed by atoms with van der Waals surface area (Å²) in [6.07, 6.45) is 2.15. The summed E-state index contributed by atoms with van der Waals surface area (Å²) in [5.41, 5.74) is -0.0827. The van der Waals surface area contributed by atoms with Crippen LogP contribution >= 0.6 is 0 Å². The molecule has 1 aliphatic rings. The van der Waals surface area contributed by atoms with Crippen LogP contribution in [0.4, 0.5) is 0 Å². The zero-order valence-corrected chi connectivity index (χ0v) is 5.85. The molecule has 2 nitrogen and oxygen atoms in total. The first-order valence-corrected chi connectivity index (χ1v) is 3.14. The van der Waals surface area contributed by atoms with Crippen molar-refractivity contribution in [3.63, 3.8) is 0 Å². The molecule has 0 unspecified atom stereocenters. The first-order valence-electron chi connectivity index (χ1n) is 3.14. The molecule has 1 rings (SSSR count). The molecule has 1 aliphatic carbocycles. The molecule has 0 aromatic carbocycles. The summed E-state index contributed by atoms with van der Waals surface area (Å²) in [5.74, 6) is 0. The lowest BCUT2D eigenvalue weighted by Gasteiger charge is -2.38. The van der Waals surface area contributed by atoms with E-state index in [4.69, 9.17) is 10.00 Å². The van der Waals surface area contributed by atoms with Gasteiger partial charge in [0.05, 0.1) is 17.6 Å². The molecule has 0 saturated heterocycles. The van der Waals surface area contributed by atoms with E-state index < -0.39 is 0 Å². The second-order valence-corrected chi connectivity index (χ2v) is 2.94. The van der Waals surface area contributed by atoms with Crippen LogP contribution < -0.4 is 0 Å². The van der Waals surface area contributed by atoms with Crippen LogP contribution in [0.3, 0.4) is 0 Å². The lowest BCUT2D eigenvalue weighted by molar-refractivity contribution is -0.0222. The van der Waals surface area contributed by atoms with Crippen molar-refractivity contribution >= 4 is 0 Å². The van der Waals surface area contributed by atoms with Gasteiger partial charge in [0.25, 0.3) is 0 Å². The maximum absolute atomic E-state index is 8.55. The fraction of sp³-hybridized carbons (Fsp3) is 0.857. The van der Waals surface area contributed by atoms with Crippen molar-refractivity contribution in [3.05, 3.63) is 0 Å². The van der Waals surface area contributed by atoms with Gasteiger partial charge >= 0.3 is 0 Å². The van der Waals surface area contributed by atoms with Crippen LogP contribution in [0.1, 0.15) is 19.8 Å². The molecule has 0 atom stereocenters. The zero-order chi connectivity index (χ0) is 6.91. The predicted molar refractivity (Wildman–Crippen MR) is 33.8 cm³/mol. The lowest BCUT2D eigenvalue weighted by atomic mass is 9.69. The maximum atomic E-state index is 8.55. The Morgan fingerprint density at radius 2 is 2.22 bits per heavy atom. The van der Waals surface area contributed by atoms with Gasteiger partial charge < -0.3 is 4.74 Å². The van der Waals surface area contributed by atoms with Crippen LogP contribution in [0, 0.1) is 16.7 Å². The Bertz CT molecular complexity index is 141. The molecule has 0 aliphatic heterocycles. The Kier molecular flexibility index (Phi) is 1.46. The summed E-state index contributed by atoms with van der Waals surface area (Å²) >= 11 is 0. The maximum Gasteiger partial charge on any atom is 0.0688 e. The van der Waals surface area contributed by atoms with Gasteiger partial charge in [-0.25, -0.2) is 0 Å². The van der Waals surface area contributed by atoms with E-state index in [-0.39, 0.29) is 5.41 Å². The third kappa shape index (κ3) is 1.06. The quantitative estimate of drug-likeness (QED) is 0.529. The smallest absolute Gasteiger partial charge is 0.0688 e. The SMILES string of the molecule is COC1CC(C)(C#N)C1. The topological polar surface area (TPSA) is 33.0 Å². The molecule has 2 heteroatoms. The van der Waals surface area contributed by atoms with E-state index in [9.17, 15) is 0 Å². The van der Waals surface area contributed by atoms with Gasteiger partial charge in [-0.15, -0.1) is 0 Å². The molecule has 0 bridgehead atoms. The van der Waals surface area contributed by atoms with Crippen LogP contribution in [0.25, 0.3) is 0 Å². The summed E-state index contributed by atoms with van der Waals surface area (Å²) in [4.78, 5) is 0. The standard InChI is InChI=1S/C7H11NO/c1-7(5-8)3-6(4-7)9-2/h6H,3-4H2,1-2H3. The number of nitrogens with zero attached hydrogens (tertiary/aromatic N) is 1. The van der Waals surface area contributed by atoms with Crippen LogP contribution in [0.5, 0.6) is 0 Å². The number of methoxy groups -OCH3 is 1. The van der Waals surface area contributed by atoms with Gasteiger partial charge in [-0.2, -0.15) is 5.26 Å². The predicted octanol–water partition coefficient (Wildman–Crippen LogP) is 1.33. The molecule has 0 radical (unpaired) electrons. The molecule has 1 saturated carbocycles. The highest BCUT2D eigenvalue weighted by molar-refractivity contribution is 5.05. The Balaban J connectivity index is 2.35. The Labute approximate surface area is 55.4 Å². The Hall–Kier alpha value is -0.550. The third-order valence-electron chi connectivity index (χ3n) is 1.96. The van der Waals surface area contributed by atoms with Crippen molar-refractivity contribution in [2.24, 2.45) is 5.41 Å². The van der Waals surface area contributed by atoms with Gasteiger partial charge in [0.15, 0.2) is 0 Å². The highest BCUT2D eigenvalue weighted by Crippen LogP contribution is 2.41. The van der Waals surface area contributed by atoms with Gasteiger partial charge in [0, 0.05) is 7.11 Å². The fourth-order valence-corrected chi connectivity index (χ4v) is 1.20. The second kappa shape index (κ2) is 2.00. The Morgan fingerprint density at radius 3 is 2.56 bits per heavy atom. The van der Waals surface area contributed by atoms with Gasteiger partial charge in [-0.05, 0) is 19.8 Å². The number of hydrogen-bond acceptors (Lipinski definition) is 2. The van der Waals surface area contributed by atoms with E-state index in [0.717, 1.165) is 12.8 Å². The molecule has 0 aromatic heterocycles. The van der Waals surface area contributed by atoms with E-state index in [0.29, 0.717) is 6.10 Å². The molecule has 0 spiro atoms. The van der Waals surface area contributed by atoms with Gasteiger partial charge in [-0.1, -0.05) is 0 Å². The second-order valence-electron chi connectivity index (χ2n) is 2.94. The van der Waals surface area contributed by atoms with Crippen molar-refractivity contribution in [1.82, 2.24) is 0 Å². The van der Waals surface area contributed by atoms with E-state index in [1.807, 2.05) is 6.92 Å².